The lowest BCUT2D eigenvalue weighted by Crippen LogP contribution is -2.64. The molecule has 0 spiro atoms. The normalized spacial score (nSPS) is 25.8. The summed E-state index contributed by atoms with van der Waals surface area (Å²) in [5.41, 5.74) is -0.267. The number of rotatable bonds is 5. The molecule has 1 unspecified atom stereocenters. The molecule has 1 heterocycles. The van der Waals surface area contributed by atoms with E-state index >= 15 is 0 Å². The van der Waals surface area contributed by atoms with Crippen LogP contribution >= 0.6 is 0 Å². The maximum atomic E-state index is 12.9. The lowest BCUT2D eigenvalue weighted by atomic mass is 9.74. The van der Waals surface area contributed by atoms with E-state index in [1.165, 1.54) is 0 Å². The molecule has 1 N–H and O–H groups in total. The van der Waals surface area contributed by atoms with Crippen LogP contribution in [-0.4, -0.2) is 84.4 Å². The number of carbonyl (C=O) groups excluding carboxylic acids is 2. The minimum atomic E-state index is -0.267. The molecule has 6 nitrogen and oxygen atoms in total. The summed E-state index contributed by atoms with van der Waals surface area (Å²) >= 11 is 0. The van der Waals surface area contributed by atoms with Crippen LogP contribution in [-0.2, 0) is 9.59 Å². The first-order valence-corrected chi connectivity index (χ1v) is 8.95. The quantitative estimate of drug-likeness (QED) is 0.790. The topological polar surface area (TPSA) is 55.9 Å². The SMILES string of the molecule is CC(C(=O)NC1CC1)N1CCN(C(=O)C2(N(C)C)CCC2)CC1. The van der Waals surface area contributed by atoms with Gasteiger partial charge in [0.15, 0.2) is 0 Å². The molecule has 0 bridgehead atoms. The van der Waals surface area contributed by atoms with Crippen molar-refractivity contribution in [2.24, 2.45) is 0 Å². The summed E-state index contributed by atoms with van der Waals surface area (Å²) in [6.45, 7) is 5.01. The zero-order chi connectivity index (χ0) is 16.6. The van der Waals surface area contributed by atoms with Gasteiger partial charge in [0, 0.05) is 32.2 Å². The van der Waals surface area contributed by atoms with E-state index < -0.39 is 0 Å². The summed E-state index contributed by atoms with van der Waals surface area (Å²) in [6.07, 6.45) is 5.32. The van der Waals surface area contributed by atoms with Crippen molar-refractivity contribution in [2.45, 2.75) is 56.7 Å². The number of hydrogen-bond acceptors (Lipinski definition) is 4. The average molecular weight is 322 g/mol. The van der Waals surface area contributed by atoms with Crippen LogP contribution in [0.15, 0.2) is 0 Å². The van der Waals surface area contributed by atoms with Gasteiger partial charge in [-0.3, -0.25) is 19.4 Å². The zero-order valence-corrected chi connectivity index (χ0v) is 14.7. The molecule has 1 atom stereocenters. The minimum absolute atomic E-state index is 0.0978. The largest absolute Gasteiger partial charge is 0.352 e. The predicted molar refractivity (Wildman–Crippen MR) is 89.0 cm³/mol. The highest BCUT2D eigenvalue weighted by Gasteiger charge is 2.48. The number of amides is 2. The minimum Gasteiger partial charge on any atom is -0.352 e. The average Bonchev–Trinajstić information content (AvgIpc) is 3.29. The van der Waals surface area contributed by atoms with Gasteiger partial charge >= 0.3 is 0 Å². The van der Waals surface area contributed by atoms with E-state index in [1.807, 2.05) is 25.9 Å². The molecular weight excluding hydrogens is 292 g/mol. The third-order valence-electron chi connectivity index (χ3n) is 5.89. The molecule has 0 aromatic heterocycles. The van der Waals surface area contributed by atoms with E-state index in [-0.39, 0.29) is 23.4 Å². The second-order valence-corrected chi connectivity index (χ2v) is 7.57. The standard InChI is InChI=1S/C17H30N4O2/c1-13(15(22)18-14-5-6-14)20-9-11-21(12-10-20)16(23)17(19(2)3)7-4-8-17/h13-14H,4-12H2,1-3H3,(H,18,22). The Morgan fingerprint density at radius 1 is 1.13 bits per heavy atom. The van der Waals surface area contributed by atoms with E-state index in [4.69, 9.17) is 0 Å². The zero-order valence-electron chi connectivity index (χ0n) is 14.7. The summed E-state index contributed by atoms with van der Waals surface area (Å²) in [7, 11) is 4.02. The highest BCUT2D eigenvalue weighted by Crippen LogP contribution is 2.38. The monoisotopic (exact) mass is 322 g/mol. The van der Waals surface area contributed by atoms with E-state index in [1.54, 1.807) is 0 Å². The predicted octanol–water partition coefficient (Wildman–Crippen LogP) is 0.282. The van der Waals surface area contributed by atoms with Crippen molar-refractivity contribution < 1.29 is 9.59 Å². The molecule has 0 radical (unpaired) electrons. The van der Waals surface area contributed by atoms with Gasteiger partial charge in [0.05, 0.1) is 6.04 Å². The third kappa shape index (κ3) is 3.24. The van der Waals surface area contributed by atoms with Crippen molar-refractivity contribution in [2.75, 3.05) is 40.3 Å². The van der Waals surface area contributed by atoms with Crippen LogP contribution in [0.5, 0.6) is 0 Å². The molecule has 1 aliphatic heterocycles. The summed E-state index contributed by atoms with van der Waals surface area (Å²) in [4.78, 5) is 31.4. The van der Waals surface area contributed by atoms with Crippen molar-refractivity contribution in [3.05, 3.63) is 0 Å². The molecule has 1 saturated heterocycles. The summed E-state index contributed by atoms with van der Waals surface area (Å²) in [6, 6.07) is 0.311. The Kier molecular flexibility index (Phi) is 4.65. The van der Waals surface area contributed by atoms with Crippen molar-refractivity contribution in [1.82, 2.24) is 20.0 Å². The van der Waals surface area contributed by atoms with Crippen molar-refractivity contribution in [1.29, 1.82) is 0 Å². The molecule has 0 aromatic rings. The highest BCUT2D eigenvalue weighted by atomic mass is 16.2. The molecule has 2 amide bonds. The molecule has 0 aromatic carbocycles. The lowest BCUT2D eigenvalue weighted by molar-refractivity contribution is -0.151. The smallest absolute Gasteiger partial charge is 0.243 e. The number of nitrogens with one attached hydrogen (secondary N) is 1. The molecule has 2 aliphatic carbocycles. The second-order valence-electron chi connectivity index (χ2n) is 7.57. The van der Waals surface area contributed by atoms with Gasteiger partial charge in [-0.1, -0.05) is 0 Å². The highest BCUT2D eigenvalue weighted by molar-refractivity contribution is 5.87. The summed E-state index contributed by atoms with van der Waals surface area (Å²) in [5, 5.41) is 3.07. The molecule has 130 valence electrons. The molecule has 2 saturated carbocycles. The van der Waals surface area contributed by atoms with Crippen LogP contribution < -0.4 is 5.32 Å². The maximum Gasteiger partial charge on any atom is 0.243 e. The van der Waals surface area contributed by atoms with E-state index in [0.29, 0.717) is 6.04 Å². The van der Waals surface area contributed by atoms with Crippen LogP contribution in [0.1, 0.15) is 39.0 Å². The van der Waals surface area contributed by atoms with Gasteiger partial charge in [0.25, 0.3) is 0 Å². The van der Waals surface area contributed by atoms with Gasteiger partial charge in [-0.25, -0.2) is 0 Å². The maximum absolute atomic E-state index is 12.9. The number of nitrogens with zero attached hydrogens (tertiary/aromatic N) is 3. The van der Waals surface area contributed by atoms with E-state index in [2.05, 4.69) is 15.1 Å². The first kappa shape index (κ1) is 16.7. The fourth-order valence-electron chi connectivity index (χ4n) is 3.69. The fourth-order valence-corrected chi connectivity index (χ4v) is 3.69. The Labute approximate surface area is 139 Å². The van der Waals surface area contributed by atoms with Crippen LogP contribution in [0.2, 0.25) is 0 Å². The number of carbonyl (C=O) groups is 2. The molecule has 3 aliphatic rings. The van der Waals surface area contributed by atoms with E-state index in [0.717, 1.165) is 58.3 Å². The van der Waals surface area contributed by atoms with Crippen molar-refractivity contribution in [3.63, 3.8) is 0 Å². The van der Waals surface area contributed by atoms with Gasteiger partial charge < -0.3 is 10.2 Å². The van der Waals surface area contributed by atoms with Gasteiger partial charge in [-0.2, -0.15) is 0 Å². The van der Waals surface area contributed by atoms with E-state index in [9.17, 15) is 9.59 Å². The first-order valence-electron chi connectivity index (χ1n) is 8.95. The van der Waals surface area contributed by atoms with Gasteiger partial charge in [0.1, 0.15) is 5.54 Å². The van der Waals surface area contributed by atoms with Crippen molar-refractivity contribution in [3.8, 4) is 0 Å². The Morgan fingerprint density at radius 2 is 1.74 bits per heavy atom. The fraction of sp³-hybridized carbons (Fsp3) is 0.882. The summed E-state index contributed by atoms with van der Waals surface area (Å²) < 4.78 is 0. The Bertz CT molecular complexity index is 463. The molecule has 3 fully saturated rings. The Hall–Kier alpha value is -1.14. The van der Waals surface area contributed by atoms with Gasteiger partial charge in [-0.15, -0.1) is 0 Å². The number of piperazine rings is 1. The van der Waals surface area contributed by atoms with Gasteiger partial charge in [0.2, 0.25) is 11.8 Å². The molecule has 23 heavy (non-hydrogen) atoms. The lowest BCUT2D eigenvalue weighted by Gasteiger charge is -2.49. The van der Waals surface area contributed by atoms with Crippen LogP contribution in [0, 0.1) is 0 Å². The van der Waals surface area contributed by atoms with Crippen LogP contribution in [0.4, 0.5) is 0 Å². The third-order valence-corrected chi connectivity index (χ3v) is 5.89. The molecule has 3 rings (SSSR count). The Morgan fingerprint density at radius 3 is 2.17 bits per heavy atom. The van der Waals surface area contributed by atoms with Crippen LogP contribution in [0.25, 0.3) is 0 Å². The molecular formula is C17H30N4O2. The molecule has 6 heteroatoms. The summed E-state index contributed by atoms with van der Waals surface area (Å²) in [5.74, 6) is 0.416. The number of likely N-dealkylation sites (N-methyl/N-ethyl adjacent to an activating group) is 1. The Balaban J connectivity index is 1.51. The number of hydrogen-bond donors (Lipinski definition) is 1. The van der Waals surface area contributed by atoms with Crippen molar-refractivity contribution >= 4 is 11.8 Å². The first-order chi connectivity index (χ1) is 10.9. The van der Waals surface area contributed by atoms with Gasteiger partial charge in [-0.05, 0) is 53.1 Å². The second kappa shape index (κ2) is 6.40. The van der Waals surface area contributed by atoms with Crippen LogP contribution in [0.3, 0.4) is 0 Å².